The molecular weight excluding hydrogens is 333 g/mol. The molecule has 2 aromatic heterocycles. The van der Waals surface area contributed by atoms with E-state index < -0.39 is 11.7 Å². The van der Waals surface area contributed by atoms with E-state index in [1.807, 2.05) is 19.1 Å². The van der Waals surface area contributed by atoms with E-state index in [0.29, 0.717) is 6.54 Å². The monoisotopic (exact) mass is 345 g/mol. The molecule has 1 N–H and O–H groups in total. The number of rotatable bonds is 4. The maximum absolute atomic E-state index is 13.8. The third kappa shape index (κ3) is 3.57. The summed E-state index contributed by atoms with van der Waals surface area (Å²) in [4.78, 5) is 20.3. The van der Waals surface area contributed by atoms with Gasteiger partial charge >= 0.3 is 0 Å². The first-order valence-electron chi connectivity index (χ1n) is 7.09. The van der Waals surface area contributed by atoms with Gasteiger partial charge in [-0.3, -0.25) is 9.78 Å². The molecule has 0 unspecified atom stereocenters. The summed E-state index contributed by atoms with van der Waals surface area (Å²) in [6, 6.07) is 8.16. The van der Waals surface area contributed by atoms with Crippen molar-refractivity contribution in [2.45, 2.75) is 13.5 Å². The van der Waals surface area contributed by atoms with E-state index in [9.17, 15) is 9.18 Å². The zero-order chi connectivity index (χ0) is 17.1. The zero-order valence-electron chi connectivity index (χ0n) is 12.7. The number of hydrogen-bond donors (Lipinski definition) is 1. The molecule has 3 rings (SSSR count). The minimum atomic E-state index is -0.697. The Hall–Kier alpha value is -2.80. The lowest BCUT2D eigenvalue weighted by Crippen LogP contribution is -2.15. The quantitative estimate of drug-likeness (QED) is 0.788. The maximum Gasteiger partial charge on any atom is 0.295 e. The van der Waals surface area contributed by atoms with Gasteiger partial charge in [-0.15, -0.1) is 5.10 Å². The number of aryl methyl sites for hydroxylation is 1. The van der Waals surface area contributed by atoms with Crippen molar-refractivity contribution in [2.75, 3.05) is 5.32 Å². The Kier molecular flexibility index (Phi) is 4.52. The number of carbonyl (C=O) groups is 1. The van der Waals surface area contributed by atoms with Crippen molar-refractivity contribution in [3.05, 3.63) is 70.8 Å². The summed E-state index contributed by atoms with van der Waals surface area (Å²) < 4.78 is 15.3. The number of nitrogens with one attached hydrogen (secondary N) is 1. The molecule has 0 aliphatic rings. The number of amides is 1. The number of pyridine rings is 1. The molecule has 0 radical (unpaired) electrons. The fourth-order valence-corrected chi connectivity index (χ4v) is 2.21. The van der Waals surface area contributed by atoms with Gasteiger partial charge < -0.3 is 5.32 Å². The van der Waals surface area contributed by atoms with Crippen molar-refractivity contribution in [3.63, 3.8) is 0 Å². The summed E-state index contributed by atoms with van der Waals surface area (Å²) in [5.41, 5.74) is 1.82. The van der Waals surface area contributed by atoms with Crippen LogP contribution in [0.3, 0.4) is 0 Å². The Labute approximate surface area is 142 Å². The van der Waals surface area contributed by atoms with Crippen molar-refractivity contribution in [3.8, 4) is 0 Å². The summed E-state index contributed by atoms with van der Waals surface area (Å²) in [6.07, 6.45) is 3.17. The molecule has 0 atom stereocenters. The van der Waals surface area contributed by atoms with Crippen LogP contribution >= 0.6 is 11.6 Å². The standard InChI is InChI=1S/C16H13ClFN5O/c1-10-5-6-11(7-19-10)8-23-9-20-15(22-23)16(24)21-13-4-2-3-12(17)14(13)18/h2-7,9H,8H2,1H3,(H,21,24). The minimum absolute atomic E-state index is 0.0217. The van der Waals surface area contributed by atoms with Crippen LogP contribution in [-0.2, 0) is 6.54 Å². The van der Waals surface area contributed by atoms with E-state index in [-0.39, 0.29) is 16.5 Å². The molecule has 0 aliphatic carbocycles. The van der Waals surface area contributed by atoms with Gasteiger partial charge in [0, 0.05) is 11.9 Å². The van der Waals surface area contributed by atoms with E-state index in [1.54, 1.807) is 6.20 Å². The van der Waals surface area contributed by atoms with E-state index in [1.165, 1.54) is 29.2 Å². The molecule has 1 amide bonds. The highest BCUT2D eigenvalue weighted by molar-refractivity contribution is 6.31. The Bertz CT molecular complexity index is 878. The lowest BCUT2D eigenvalue weighted by atomic mass is 10.2. The molecule has 0 saturated carbocycles. The third-order valence-corrected chi connectivity index (χ3v) is 3.55. The van der Waals surface area contributed by atoms with Gasteiger partial charge in [-0.1, -0.05) is 23.7 Å². The van der Waals surface area contributed by atoms with Gasteiger partial charge in [0.1, 0.15) is 6.33 Å². The highest BCUT2D eigenvalue weighted by atomic mass is 35.5. The number of nitrogens with zero attached hydrogens (tertiary/aromatic N) is 4. The van der Waals surface area contributed by atoms with Crippen LogP contribution < -0.4 is 5.32 Å². The first kappa shape index (κ1) is 16.1. The molecular formula is C16H13ClFN5O. The van der Waals surface area contributed by atoms with Gasteiger partial charge in [0.05, 0.1) is 17.3 Å². The smallest absolute Gasteiger partial charge is 0.295 e. The fourth-order valence-electron chi connectivity index (χ4n) is 2.03. The molecule has 6 nitrogen and oxygen atoms in total. The highest BCUT2D eigenvalue weighted by Crippen LogP contribution is 2.22. The number of aromatic nitrogens is 4. The van der Waals surface area contributed by atoms with Crippen LogP contribution in [0.5, 0.6) is 0 Å². The average molecular weight is 346 g/mol. The van der Waals surface area contributed by atoms with Crippen LogP contribution in [0, 0.1) is 12.7 Å². The molecule has 0 aliphatic heterocycles. The number of halogens is 2. The third-order valence-electron chi connectivity index (χ3n) is 3.26. The number of carbonyl (C=O) groups excluding carboxylic acids is 1. The summed E-state index contributed by atoms with van der Waals surface area (Å²) in [5, 5.41) is 6.42. The van der Waals surface area contributed by atoms with Crippen LogP contribution in [0.4, 0.5) is 10.1 Å². The normalized spacial score (nSPS) is 10.6. The Morgan fingerprint density at radius 3 is 2.88 bits per heavy atom. The fraction of sp³-hybridized carbons (Fsp3) is 0.125. The Morgan fingerprint density at radius 1 is 1.29 bits per heavy atom. The van der Waals surface area contributed by atoms with Crippen LogP contribution in [0.2, 0.25) is 5.02 Å². The topological polar surface area (TPSA) is 72.7 Å². The first-order valence-corrected chi connectivity index (χ1v) is 7.47. The second-order valence-corrected chi connectivity index (χ2v) is 5.54. The van der Waals surface area contributed by atoms with Gasteiger partial charge in [0.25, 0.3) is 5.91 Å². The average Bonchev–Trinajstić information content (AvgIpc) is 3.03. The van der Waals surface area contributed by atoms with Gasteiger partial charge in [0.15, 0.2) is 5.82 Å². The maximum atomic E-state index is 13.8. The van der Waals surface area contributed by atoms with Crippen LogP contribution in [-0.4, -0.2) is 25.7 Å². The van der Waals surface area contributed by atoms with Crippen LogP contribution in [0.1, 0.15) is 21.9 Å². The molecule has 0 fully saturated rings. The van der Waals surface area contributed by atoms with Crippen molar-refractivity contribution in [2.24, 2.45) is 0 Å². The van der Waals surface area contributed by atoms with Gasteiger partial charge in [-0.2, -0.15) is 0 Å². The van der Waals surface area contributed by atoms with Crippen LogP contribution in [0.25, 0.3) is 0 Å². The van der Waals surface area contributed by atoms with Crippen molar-refractivity contribution >= 4 is 23.2 Å². The highest BCUT2D eigenvalue weighted by Gasteiger charge is 2.15. The second kappa shape index (κ2) is 6.76. The van der Waals surface area contributed by atoms with Crippen molar-refractivity contribution in [1.29, 1.82) is 0 Å². The van der Waals surface area contributed by atoms with Gasteiger partial charge in [-0.25, -0.2) is 14.1 Å². The zero-order valence-corrected chi connectivity index (χ0v) is 13.5. The van der Waals surface area contributed by atoms with E-state index in [0.717, 1.165) is 11.3 Å². The van der Waals surface area contributed by atoms with Gasteiger partial charge in [-0.05, 0) is 30.7 Å². The lowest BCUT2D eigenvalue weighted by Gasteiger charge is -2.05. The summed E-state index contributed by atoms with van der Waals surface area (Å²) in [7, 11) is 0. The predicted octanol–water partition coefficient (Wildman–Crippen LogP) is 3.07. The summed E-state index contributed by atoms with van der Waals surface area (Å²) in [6.45, 7) is 2.33. The number of hydrogen-bond acceptors (Lipinski definition) is 4. The van der Waals surface area contributed by atoms with E-state index >= 15 is 0 Å². The minimum Gasteiger partial charge on any atom is -0.317 e. The second-order valence-electron chi connectivity index (χ2n) is 5.13. The lowest BCUT2D eigenvalue weighted by molar-refractivity contribution is 0.101. The Morgan fingerprint density at radius 2 is 2.12 bits per heavy atom. The molecule has 24 heavy (non-hydrogen) atoms. The van der Waals surface area contributed by atoms with E-state index in [4.69, 9.17) is 11.6 Å². The molecule has 3 aromatic rings. The molecule has 0 spiro atoms. The first-order chi connectivity index (χ1) is 11.5. The Balaban J connectivity index is 1.71. The largest absolute Gasteiger partial charge is 0.317 e. The molecule has 8 heteroatoms. The molecule has 0 bridgehead atoms. The van der Waals surface area contributed by atoms with E-state index in [2.05, 4.69) is 20.4 Å². The van der Waals surface area contributed by atoms with Gasteiger partial charge in [0.2, 0.25) is 5.82 Å². The van der Waals surface area contributed by atoms with Crippen LogP contribution in [0.15, 0.2) is 42.9 Å². The summed E-state index contributed by atoms with van der Waals surface area (Å²) in [5.74, 6) is -1.37. The number of benzene rings is 1. The SMILES string of the molecule is Cc1ccc(Cn2cnc(C(=O)Nc3cccc(Cl)c3F)n2)cn1. The molecule has 1 aromatic carbocycles. The van der Waals surface area contributed by atoms with Crippen molar-refractivity contribution < 1.29 is 9.18 Å². The predicted molar refractivity (Wildman–Crippen MR) is 87.5 cm³/mol. The number of anilines is 1. The summed E-state index contributed by atoms with van der Waals surface area (Å²) >= 11 is 5.68. The molecule has 0 saturated heterocycles. The van der Waals surface area contributed by atoms with Crippen molar-refractivity contribution in [1.82, 2.24) is 19.7 Å². The molecule has 2 heterocycles. The molecule has 122 valence electrons.